The minimum absolute atomic E-state index is 0.0566. The van der Waals surface area contributed by atoms with Gasteiger partial charge < -0.3 is 15.0 Å². The topological polar surface area (TPSA) is 95.3 Å². The first kappa shape index (κ1) is 22.9. The molecule has 1 aliphatic carbocycles. The summed E-state index contributed by atoms with van der Waals surface area (Å²) in [6.07, 6.45) is 6.32. The van der Waals surface area contributed by atoms with Gasteiger partial charge in [0.25, 0.3) is 5.91 Å². The monoisotopic (exact) mass is 468 g/mol. The third-order valence-corrected chi connectivity index (χ3v) is 6.97. The van der Waals surface area contributed by atoms with Crippen LogP contribution >= 0.6 is 0 Å². The Hall–Kier alpha value is -3.92. The van der Waals surface area contributed by atoms with Gasteiger partial charge in [0.15, 0.2) is 0 Å². The fourth-order valence-corrected chi connectivity index (χ4v) is 4.95. The lowest BCUT2D eigenvalue weighted by Gasteiger charge is -2.30. The van der Waals surface area contributed by atoms with E-state index in [0.29, 0.717) is 35.3 Å². The van der Waals surface area contributed by atoms with Gasteiger partial charge in [0, 0.05) is 54.8 Å². The van der Waals surface area contributed by atoms with Crippen LogP contribution in [-0.2, 0) is 4.79 Å². The summed E-state index contributed by atoms with van der Waals surface area (Å²) in [4.78, 5) is 30.8. The zero-order valence-corrected chi connectivity index (χ0v) is 19.6. The van der Waals surface area contributed by atoms with Crippen LogP contribution in [0.4, 0.5) is 5.69 Å². The molecule has 0 atom stereocenters. The summed E-state index contributed by atoms with van der Waals surface area (Å²) in [5, 5.41) is 13.4. The standard InChI is InChI=1S/C28H28N4O3/c29-18-20-5-12-26(25-2-1-15-30-27(20)25)35-24-10-6-21(7-11-24)31-28(34)19-3-8-22(9-4-19)32-16-13-23(33)14-17-32/h1-5,8-9,12,15,21,24H,6-7,10-11,13-14,16-17H2,(H,31,34). The molecule has 1 saturated heterocycles. The van der Waals surface area contributed by atoms with Crippen molar-refractivity contribution in [2.75, 3.05) is 18.0 Å². The second-order valence-electron chi connectivity index (χ2n) is 9.26. The number of piperidine rings is 1. The predicted molar refractivity (Wildman–Crippen MR) is 133 cm³/mol. The number of anilines is 1. The summed E-state index contributed by atoms with van der Waals surface area (Å²) >= 11 is 0. The van der Waals surface area contributed by atoms with Crippen molar-refractivity contribution < 1.29 is 14.3 Å². The molecule has 2 fully saturated rings. The van der Waals surface area contributed by atoms with Gasteiger partial charge in [0.05, 0.1) is 17.2 Å². The number of nitriles is 1. The fourth-order valence-electron chi connectivity index (χ4n) is 4.95. The van der Waals surface area contributed by atoms with Crippen LogP contribution < -0.4 is 15.0 Å². The molecule has 2 aliphatic rings. The predicted octanol–water partition coefficient (Wildman–Crippen LogP) is 4.40. The van der Waals surface area contributed by atoms with Gasteiger partial charge in [-0.25, -0.2) is 0 Å². The Kier molecular flexibility index (Phi) is 6.62. The average molecular weight is 469 g/mol. The molecule has 5 rings (SSSR count). The number of hydrogen-bond donors (Lipinski definition) is 1. The number of fused-ring (bicyclic) bond motifs is 1. The number of ether oxygens (including phenoxy) is 1. The lowest BCUT2D eigenvalue weighted by Crippen LogP contribution is -2.39. The first-order chi connectivity index (χ1) is 17.1. The van der Waals surface area contributed by atoms with E-state index < -0.39 is 0 Å². The van der Waals surface area contributed by atoms with E-state index in [4.69, 9.17) is 4.74 Å². The Morgan fingerprint density at radius 2 is 1.77 bits per heavy atom. The van der Waals surface area contributed by atoms with Crippen LogP contribution in [0.1, 0.15) is 54.4 Å². The second-order valence-corrected chi connectivity index (χ2v) is 9.26. The van der Waals surface area contributed by atoms with E-state index >= 15 is 0 Å². The number of carbonyl (C=O) groups excluding carboxylic acids is 2. The highest BCUT2D eigenvalue weighted by atomic mass is 16.5. The zero-order chi connectivity index (χ0) is 24.2. The zero-order valence-electron chi connectivity index (χ0n) is 19.6. The third-order valence-electron chi connectivity index (χ3n) is 6.97. The number of Topliss-reactive ketones (excluding diaryl/α,β-unsaturated/α-hetero) is 1. The van der Waals surface area contributed by atoms with Gasteiger partial charge in [-0.05, 0) is 74.2 Å². The maximum Gasteiger partial charge on any atom is 0.251 e. The van der Waals surface area contributed by atoms with E-state index in [2.05, 4.69) is 21.3 Å². The molecule has 7 heteroatoms. The summed E-state index contributed by atoms with van der Waals surface area (Å²) in [6.45, 7) is 1.48. The minimum Gasteiger partial charge on any atom is -0.490 e. The second kappa shape index (κ2) is 10.1. The van der Waals surface area contributed by atoms with Crippen LogP contribution in [0, 0.1) is 11.3 Å². The molecule has 1 amide bonds. The summed E-state index contributed by atoms with van der Waals surface area (Å²) in [5.41, 5.74) is 2.90. The van der Waals surface area contributed by atoms with E-state index in [-0.39, 0.29) is 18.1 Å². The van der Waals surface area contributed by atoms with Crippen LogP contribution in [0.3, 0.4) is 0 Å². The summed E-state index contributed by atoms with van der Waals surface area (Å²) in [7, 11) is 0. The van der Waals surface area contributed by atoms with Gasteiger partial charge in [-0.2, -0.15) is 5.26 Å². The molecule has 0 spiro atoms. The molecule has 35 heavy (non-hydrogen) atoms. The van der Waals surface area contributed by atoms with Crippen molar-refractivity contribution in [3.8, 4) is 11.8 Å². The summed E-state index contributed by atoms with van der Waals surface area (Å²) in [6, 6.07) is 17.3. The first-order valence-electron chi connectivity index (χ1n) is 12.2. The minimum atomic E-state index is -0.0566. The number of ketones is 1. The van der Waals surface area contributed by atoms with E-state index in [1.165, 1.54) is 0 Å². The number of amides is 1. The molecule has 1 saturated carbocycles. The molecule has 3 aromatic rings. The van der Waals surface area contributed by atoms with Crippen LogP contribution in [-0.4, -0.2) is 41.9 Å². The molecule has 178 valence electrons. The largest absolute Gasteiger partial charge is 0.490 e. The highest BCUT2D eigenvalue weighted by molar-refractivity contribution is 5.94. The molecule has 1 aliphatic heterocycles. The van der Waals surface area contributed by atoms with Crippen molar-refractivity contribution in [3.63, 3.8) is 0 Å². The molecule has 0 bridgehead atoms. The van der Waals surface area contributed by atoms with Crippen LogP contribution in [0.15, 0.2) is 54.7 Å². The Morgan fingerprint density at radius 1 is 1.03 bits per heavy atom. The number of rotatable bonds is 5. The fraction of sp³-hybridized carbons (Fsp3) is 0.357. The summed E-state index contributed by atoms with van der Waals surface area (Å²) < 4.78 is 6.30. The Bertz CT molecular complexity index is 1260. The molecule has 2 heterocycles. The van der Waals surface area contributed by atoms with Crippen molar-refractivity contribution in [1.82, 2.24) is 10.3 Å². The lowest BCUT2D eigenvalue weighted by atomic mass is 9.92. The van der Waals surface area contributed by atoms with Crippen molar-refractivity contribution >= 4 is 28.3 Å². The molecule has 1 aromatic heterocycles. The van der Waals surface area contributed by atoms with E-state index in [9.17, 15) is 14.9 Å². The SMILES string of the molecule is N#Cc1ccc(OC2CCC(NC(=O)c3ccc(N4CCC(=O)CC4)cc3)CC2)c2cccnc12. The third kappa shape index (κ3) is 5.12. The van der Waals surface area contributed by atoms with Gasteiger partial charge in [-0.15, -0.1) is 0 Å². The van der Waals surface area contributed by atoms with E-state index in [1.54, 1.807) is 12.3 Å². The lowest BCUT2D eigenvalue weighted by molar-refractivity contribution is -0.119. The number of nitrogens with zero attached hydrogens (tertiary/aromatic N) is 3. The van der Waals surface area contributed by atoms with Gasteiger partial charge in [-0.1, -0.05) is 0 Å². The molecule has 7 nitrogen and oxygen atoms in total. The summed E-state index contributed by atoms with van der Waals surface area (Å²) in [5.74, 6) is 1.01. The Labute approximate surface area is 204 Å². The number of nitrogens with one attached hydrogen (secondary N) is 1. The number of carbonyl (C=O) groups is 2. The quantitative estimate of drug-likeness (QED) is 0.597. The number of aromatic nitrogens is 1. The number of benzene rings is 2. The smallest absolute Gasteiger partial charge is 0.251 e. The van der Waals surface area contributed by atoms with Crippen molar-refractivity contribution in [1.29, 1.82) is 5.26 Å². The first-order valence-corrected chi connectivity index (χ1v) is 12.2. The number of hydrogen-bond acceptors (Lipinski definition) is 6. The Morgan fingerprint density at radius 3 is 2.49 bits per heavy atom. The van der Waals surface area contributed by atoms with Crippen molar-refractivity contribution in [3.05, 3.63) is 65.9 Å². The van der Waals surface area contributed by atoms with Gasteiger partial charge >= 0.3 is 0 Å². The van der Waals surface area contributed by atoms with E-state index in [1.807, 2.05) is 42.5 Å². The Balaban J connectivity index is 1.14. The maximum absolute atomic E-state index is 12.8. The highest BCUT2D eigenvalue weighted by Gasteiger charge is 2.25. The maximum atomic E-state index is 12.8. The van der Waals surface area contributed by atoms with Crippen molar-refractivity contribution in [2.45, 2.75) is 50.7 Å². The van der Waals surface area contributed by atoms with Crippen molar-refractivity contribution in [2.24, 2.45) is 0 Å². The molecule has 0 radical (unpaired) electrons. The molecular formula is C28H28N4O3. The van der Waals surface area contributed by atoms with Crippen LogP contribution in [0.5, 0.6) is 5.75 Å². The molecular weight excluding hydrogens is 440 g/mol. The van der Waals surface area contributed by atoms with E-state index in [0.717, 1.165) is 55.6 Å². The van der Waals surface area contributed by atoms with Gasteiger partial charge in [-0.3, -0.25) is 14.6 Å². The highest BCUT2D eigenvalue weighted by Crippen LogP contribution is 2.31. The molecule has 0 unspecified atom stereocenters. The van der Waals surface area contributed by atoms with Gasteiger partial charge in [0.2, 0.25) is 0 Å². The molecule has 2 aromatic carbocycles. The molecule has 1 N–H and O–H groups in total. The van der Waals surface area contributed by atoms with Gasteiger partial charge in [0.1, 0.15) is 17.6 Å². The number of pyridine rings is 1. The van der Waals surface area contributed by atoms with Crippen LogP contribution in [0.25, 0.3) is 10.9 Å². The van der Waals surface area contributed by atoms with Crippen LogP contribution in [0.2, 0.25) is 0 Å². The normalized spacial score (nSPS) is 20.3. The average Bonchev–Trinajstić information content (AvgIpc) is 2.90.